The van der Waals surface area contributed by atoms with Crippen molar-refractivity contribution in [3.8, 4) is 0 Å². The highest BCUT2D eigenvalue weighted by Gasteiger charge is 2.27. The van der Waals surface area contributed by atoms with Crippen LogP contribution in [0.15, 0.2) is 39.7 Å². The summed E-state index contributed by atoms with van der Waals surface area (Å²) in [5, 5.41) is 4.16. The Morgan fingerprint density at radius 1 is 1.04 bits per heavy atom. The average molecular weight is 344 g/mol. The van der Waals surface area contributed by atoms with E-state index in [-0.39, 0.29) is 29.1 Å². The van der Waals surface area contributed by atoms with Gasteiger partial charge in [-0.25, -0.2) is 4.68 Å². The van der Waals surface area contributed by atoms with E-state index in [0.29, 0.717) is 31.9 Å². The zero-order valence-electron chi connectivity index (χ0n) is 14.2. The van der Waals surface area contributed by atoms with E-state index in [9.17, 15) is 14.4 Å². The first kappa shape index (κ1) is 16.9. The quantitative estimate of drug-likeness (QED) is 0.829. The molecule has 0 unspecified atom stereocenters. The van der Waals surface area contributed by atoms with Gasteiger partial charge in [0.05, 0.1) is 12.3 Å². The fourth-order valence-electron chi connectivity index (χ4n) is 2.74. The molecule has 1 saturated heterocycles. The number of piperazine rings is 1. The molecular formula is C17H20N4O4. The van der Waals surface area contributed by atoms with Gasteiger partial charge >= 0.3 is 0 Å². The van der Waals surface area contributed by atoms with Crippen molar-refractivity contribution in [1.82, 2.24) is 19.6 Å². The topological polar surface area (TPSA) is 88.7 Å². The summed E-state index contributed by atoms with van der Waals surface area (Å²) in [5.41, 5.74) is -0.000440. The molecule has 1 aliphatic heterocycles. The molecule has 132 valence electrons. The third kappa shape index (κ3) is 3.47. The maximum atomic E-state index is 12.6. The number of amides is 2. The van der Waals surface area contributed by atoms with Crippen molar-refractivity contribution in [2.24, 2.45) is 0 Å². The van der Waals surface area contributed by atoms with E-state index < -0.39 is 0 Å². The summed E-state index contributed by atoms with van der Waals surface area (Å²) in [7, 11) is 0. The Morgan fingerprint density at radius 3 is 2.24 bits per heavy atom. The fourth-order valence-corrected chi connectivity index (χ4v) is 2.74. The Kier molecular flexibility index (Phi) is 4.69. The smallest absolute Gasteiger partial charge is 0.289 e. The molecule has 8 heteroatoms. The molecule has 25 heavy (non-hydrogen) atoms. The van der Waals surface area contributed by atoms with Crippen molar-refractivity contribution in [3.05, 3.63) is 52.3 Å². The van der Waals surface area contributed by atoms with Crippen LogP contribution in [0, 0.1) is 0 Å². The number of carbonyl (C=O) groups excluding carboxylic acids is 2. The summed E-state index contributed by atoms with van der Waals surface area (Å²) in [6.07, 6.45) is 1.46. The van der Waals surface area contributed by atoms with Crippen molar-refractivity contribution in [1.29, 1.82) is 0 Å². The van der Waals surface area contributed by atoms with Gasteiger partial charge in [-0.05, 0) is 32.0 Å². The zero-order valence-corrected chi connectivity index (χ0v) is 14.2. The SMILES string of the molecule is CC(C)n1nc(C(=O)N2CCN(C(=O)c3ccco3)CC2)ccc1=O. The summed E-state index contributed by atoms with van der Waals surface area (Å²) < 4.78 is 6.42. The van der Waals surface area contributed by atoms with E-state index in [2.05, 4.69) is 5.10 Å². The lowest BCUT2D eigenvalue weighted by molar-refractivity contribution is 0.0513. The first-order chi connectivity index (χ1) is 12.0. The second kappa shape index (κ2) is 6.92. The maximum Gasteiger partial charge on any atom is 0.289 e. The molecule has 1 fully saturated rings. The lowest BCUT2D eigenvalue weighted by Gasteiger charge is -2.34. The number of rotatable bonds is 3. The molecule has 0 radical (unpaired) electrons. The van der Waals surface area contributed by atoms with E-state index in [1.165, 1.54) is 23.1 Å². The van der Waals surface area contributed by atoms with Crippen molar-refractivity contribution in [3.63, 3.8) is 0 Å². The molecule has 0 spiro atoms. The average Bonchev–Trinajstić information content (AvgIpc) is 3.15. The minimum Gasteiger partial charge on any atom is -0.459 e. The summed E-state index contributed by atoms with van der Waals surface area (Å²) in [6.45, 7) is 5.34. The van der Waals surface area contributed by atoms with Crippen molar-refractivity contribution in [2.45, 2.75) is 19.9 Å². The molecule has 0 bridgehead atoms. The molecule has 0 aromatic carbocycles. The third-order valence-electron chi connectivity index (χ3n) is 4.12. The number of hydrogen-bond donors (Lipinski definition) is 0. The van der Waals surface area contributed by atoms with Crippen LogP contribution in [-0.4, -0.2) is 57.6 Å². The Balaban J connectivity index is 1.67. The van der Waals surface area contributed by atoms with Crippen LogP contribution < -0.4 is 5.56 Å². The zero-order chi connectivity index (χ0) is 18.0. The first-order valence-electron chi connectivity index (χ1n) is 8.19. The fraction of sp³-hybridized carbons (Fsp3) is 0.412. The first-order valence-corrected chi connectivity index (χ1v) is 8.19. The van der Waals surface area contributed by atoms with Crippen LogP contribution >= 0.6 is 0 Å². The van der Waals surface area contributed by atoms with Gasteiger partial charge < -0.3 is 14.2 Å². The lowest BCUT2D eigenvalue weighted by Crippen LogP contribution is -2.50. The molecule has 3 heterocycles. The van der Waals surface area contributed by atoms with E-state index in [1.807, 2.05) is 13.8 Å². The Labute approximate surface area is 144 Å². The van der Waals surface area contributed by atoms with Gasteiger partial charge in [-0.2, -0.15) is 5.10 Å². The second-order valence-electron chi connectivity index (χ2n) is 6.16. The molecular weight excluding hydrogens is 324 g/mol. The van der Waals surface area contributed by atoms with Crippen LogP contribution in [0.4, 0.5) is 0 Å². The second-order valence-corrected chi connectivity index (χ2v) is 6.16. The lowest BCUT2D eigenvalue weighted by atomic mass is 10.2. The largest absolute Gasteiger partial charge is 0.459 e. The normalized spacial score (nSPS) is 14.8. The highest BCUT2D eigenvalue weighted by atomic mass is 16.3. The third-order valence-corrected chi connectivity index (χ3v) is 4.12. The molecule has 2 aromatic heterocycles. The van der Waals surface area contributed by atoms with Crippen LogP contribution in [0.5, 0.6) is 0 Å². The number of nitrogens with zero attached hydrogens (tertiary/aromatic N) is 4. The van der Waals surface area contributed by atoms with Gasteiger partial charge in [0.25, 0.3) is 17.4 Å². The highest BCUT2D eigenvalue weighted by Crippen LogP contribution is 2.11. The number of furan rings is 1. The number of hydrogen-bond acceptors (Lipinski definition) is 5. The van der Waals surface area contributed by atoms with Crippen LogP contribution in [0.1, 0.15) is 40.9 Å². The maximum absolute atomic E-state index is 12.6. The standard InChI is InChI=1S/C17H20N4O4/c1-12(2)21-15(22)6-5-13(18-21)16(23)19-7-9-20(10-8-19)17(24)14-4-3-11-25-14/h3-6,11-12H,7-10H2,1-2H3. The molecule has 0 atom stereocenters. The van der Waals surface area contributed by atoms with E-state index in [1.54, 1.807) is 21.9 Å². The Morgan fingerprint density at radius 2 is 1.68 bits per heavy atom. The van der Waals surface area contributed by atoms with Crippen molar-refractivity contribution >= 4 is 11.8 Å². The summed E-state index contributed by atoms with van der Waals surface area (Å²) >= 11 is 0. The molecule has 1 aliphatic rings. The van der Waals surface area contributed by atoms with Gasteiger partial charge in [-0.1, -0.05) is 0 Å². The monoisotopic (exact) mass is 344 g/mol. The molecule has 0 saturated carbocycles. The number of carbonyl (C=O) groups is 2. The summed E-state index contributed by atoms with van der Waals surface area (Å²) in [4.78, 5) is 39.9. The van der Waals surface area contributed by atoms with Crippen LogP contribution in [0.2, 0.25) is 0 Å². The van der Waals surface area contributed by atoms with Crippen molar-refractivity contribution in [2.75, 3.05) is 26.2 Å². The van der Waals surface area contributed by atoms with Gasteiger partial charge in [0, 0.05) is 32.2 Å². The van der Waals surface area contributed by atoms with E-state index in [0.717, 1.165) is 0 Å². The Hall–Kier alpha value is -2.90. The predicted octanol–water partition coefficient (Wildman–Crippen LogP) is 1.02. The minimum absolute atomic E-state index is 0.122. The Bertz CT molecular complexity index is 817. The summed E-state index contributed by atoms with van der Waals surface area (Å²) in [6, 6.07) is 5.98. The molecule has 2 aromatic rings. The van der Waals surface area contributed by atoms with Crippen molar-refractivity contribution < 1.29 is 14.0 Å². The highest BCUT2D eigenvalue weighted by molar-refractivity contribution is 5.93. The minimum atomic E-state index is -0.237. The van der Waals surface area contributed by atoms with Crippen LogP contribution in [0.3, 0.4) is 0 Å². The summed E-state index contributed by atoms with van der Waals surface area (Å²) in [5.74, 6) is -0.117. The molecule has 8 nitrogen and oxygen atoms in total. The van der Waals surface area contributed by atoms with Gasteiger partial charge in [-0.3, -0.25) is 14.4 Å². The van der Waals surface area contributed by atoms with Crippen LogP contribution in [-0.2, 0) is 0 Å². The van der Waals surface area contributed by atoms with Gasteiger partial charge in [0.15, 0.2) is 5.76 Å². The number of aromatic nitrogens is 2. The van der Waals surface area contributed by atoms with E-state index in [4.69, 9.17) is 4.42 Å². The molecule has 3 rings (SSSR count). The molecule has 2 amide bonds. The predicted molar refractivity (Wildman–Crippen MR) is 89.4 cm³/mol. The van der Waals surface area contributed by atoms with Crippen LogP contribution in [0.25, 0.3) is 0 Å². The van der Waals surface area contributed by atoms with Gasteiger partial charge in [-0.15, -0.1) is 0 Å². The van der Waals surface area contributed by atoms with Gasteiger partial charge in [0.1, 0.15) is 5.69 Å². The molecule has 0 N–H and O–H groups in total. The molecule has 0 aliphatic carbocycles. The van der Waals surface area contributed by atoms with E-state index >= 15 is 0 Å². The van der Waals surface area contributed by atoms with Gasteiger partial charge in [0.2, 0.25) is 0 Å².